The summed E-state index contributed by atoms with van der Waals surface area (Å²) in [5.74, 6) is -2.06. The van der Waals surface area contributed by atoms with Gasteiger partial charge < -0.3 is 19.2 Å². The van der Waals surface area contributed by atoms with E-state index in [0.29, 0.717) is 18.7 Å². The minimum atomic E-state index is -1.17. The first-order valence-corrected chi connectivity index (χ1v) is 8.00. The van der Waals surface area contributed by atoms with Crippen LogP contribution in [-0.4, -0.2) is 41.1 Å². The van der Waals surface area contributed by atoms with Gasteiger partial charge in [0.05, 0.1) is 11.7 Å². The van der Waals surface area contributed by atoms with Crippen molar-refractivity contribution in [3.8, 4) is 0 Å². The molecular formula is C18H18FNO5. The predicted molar refractivity (Wildman–Crippen MR) is 85.8 cm³/mol. The highest BCUT2D eigenvalue weighted by molar-refractivity contribution is 5.95. The lowest BCUT2D eigenvalue weighted by Crippen LogP contribution is -2.36. The van der Waals surface area contributed by atoms with Gasteiger partial charge in [0.1, 0.15) is 12.1 Å². The zero-order valence-corrected chi connectivity index (χ0v) is 13.5. The maximum atomic E-state index is 13.4. The standard InChI is InChI=1S/C18H18FNO5/c19-14-4-1-3-12(7-14)9-20(10-15-5-2-6-24-15)17(21)16-8-13(11-25-16)18(22)23/h1,3-4,7-8,11,15H,2,5-6,9-10H2,(H,22,23). The van der Waals surface area contributed by atoms with Crippen molar-refractivity contribution >= 4 is 11.9 Å². The Labute approximate surface area is 143 Å². The molecule has 6 nitrogen and oxygen atoms in total. The van der Waals surface area contributed by atoms with E-state index in [0.717, 1.165) is 19.1 Å². The highest BCUT2D eigenvalue weighted by Crippen LogP contribution is 2.19. The van der Waals surface area contributed by atoms with Crippen LogP contribution in [0.3, 0.4) is 0 Å². The summed E-state index contributed by atoms with van der Waals surface area (Å²) in [7, 11) is 0. The van der Waals surface area contributed by atoms with Crippen LogP contribution in [0, 0.1) is 5.82 Å². The summed E-state index contributed by atoms with van der Waals surface area (Å²) in [5, 5.41) is 8.97. The Bertz CT molecular complexity index is 766. The Balaban J connectivity index is 1.80. The number of rotatable bonds is 6. The number of carbonyl (C=O) groups is 2. The highest BCUT2D eigenvalue weighted by atomic mass is 19.1. The summed E-state index contributed by atoms with van der Waals surface area (Å²) in [5.41, 5.74) is 0.544. The molecule has 0 radical (unpaired) electrons. The fourth-order valence-electron chi connectivity index (χ4n) is 2.83. The number of carbonyl (C=O) groups excluding carboxylic acids is 1. The van der Waals surface area contributed by atoms with E-state index >= 15 is 0 Å². The molecule has 1 fully saturated rings. The Morgan fingerprint density at radius 3 is 2.80 bits per heavy atom. The van der Waals surface area contributed by atoms with Gasteiger partial charge in [-0.1, -0.05) is 12.1 Å². The number of aromatic carboxylic acids is 1. The van der Waals surface area contributed by atoms with Crippen LogP contribution in [0.4, 0.5) is 4.39 Å². The number of carboxylic acid groups (broad SMARTS) is 1. The Morgan fingerprint density at radius 2 is 2.16 bits per heavy atom. The van der Waals surface area contributed by atoms with Crippen LogP contribution >= 0.6 is 0 Å². The van der Waals surface area contributed by atoms with E-state index in [-0.39, 0.29) is 29.8 Å². The molecule has 0 aliphatic carbocycles. The molecule has 1 aliphatic rings. The second kappa shape index (κ2) is 7.48. The van der Waals surface area contributed by atoms with Gasteiger partial charge in [0, 0.05) is 25.8 Å². The minimum absolute atomic E-state index is 0.0631. The molecular weight excluding hydrogens is 329 g/mol. The maximum Gasteiger partial charge on any atom is 0.338 e. The highest BCUT2D eigenvalue weighted by Gasteiger charge is 2.26. The van der Waals surface area contributed by atoms with E-state index in [1.54, 1.807) is 12.1 Å². The molecule has 7 heteroatoms. The van der Waals surface area contributed by atoms with Crippen molar-refractivity contribution in [2.24, 2.45) is 0 Å². The SMILES string of the molecule is O=C(O)c1coc(C(=O)N(Cc2cccc(F)c2)CC2CCCO2)c1. The number of ether oxygens (including phenoxy) is 1. The smallest absolute Gasteiger partial charge is 0.338 e. The topological polar surface area (TPSA) is 80.0 Å². The van der Waals surface area contributed by atoms with Gasteiger partial charge in [0.15, 0.2) is 5.76 Å². The molecule has 0 spiro atoms. The van der Waals surface area contributed by atoms with E-state index in [2.05, 4.69) is 0 Å². The minimum Gasteiger partial charge on any atom is -0.478 e. The lowest BCUT2D eigenvalue weighted by Gasteiger charge is -2.24. The van der Waals surface area contributed by atoms with Gasteiger partial charge in [-0.15, -0.1) is 0 Å². The van der Waals surface area contributed by atoms with Gasteiger partial charge >= 0.3 is 5.97 Å². The van der Waals surface area contributed by atoms with E-state index in [1.165, 1.54) is 23.1 Å². The van der Waals surface area contributed by atoms with Gasteiger partial charge in [0.2, 0.25) is 0 Å². The van der Waals surface area contributed by atoms with Crippen LogP contribution in [0.25, 0.3) is 0 Å². The van der Waals surface area contributed by atoms with Crippen molar-refractivity contribution in [2.45, 2.75) is 25.5 Å². The van der Waals surface area contributed by atoms with Crippen LogP contribution in [0.15, 0.2) is 41.0 Å². The van der Waals surface area contributed by atoms with E-state index in [9.17, 15) is 14.0 Å². The van der Waals surface area contributed by atoms with Crippen LogP contribution in [0.1, 0.15) is 39.3 Å². The average Bonchev–Trinajstić information content (AvgIpc) is 3.25. The third-order valence-electron chi connectivity index (χ3n) is 4.05. The van der Waals surface area contributed by atoms with Crippen LogP contribution in [0.5, 0.6) is 0 Å². The van der Waals surface area contributed by atoms with E-state index in [4.69, 9.17) is 14.3 Å². The summed E-state index contributed by atoms with van der Waals surface area (Å²) in [6.07, 6.45) is 2.70. The monoisotopic (exact) mass is 347 g/mol. The zero-order valence-electron chi connectivity index (χ0n) is 13.5. The van der Waals surface area contributed by atoms with Crippen LogP contribution < -0.4 is 0 Å². The van der Waals surface area contributed by atoms with Crippen LogP contribution in [-0.2, 0) is 11.3 Å². The third kappa shape index (κ3) is 4.24. The fourth-order valence-corrected chi connectivity index (χ4v) is 2.83. The molecule has 1 aromatic carbocycles. The van der Waals surface area contributed by atoms with E-state index in [1.807, 2.05) is 0 Å². The van der Waals surface area contributed by atoms with Crippen molar-refractivity contribution < 1.29 is 28.2 Å². The number of hydrogen-bond acceptors (Lipinski definition) is 4. The Hall–Kier alpha value is -2.67. The molecule has 25 heavy (non-hydrogen) atoms. The molecule has 1 aliphatic heterocycles. The third-order valence-corrected chi connectivity index (χ3v) is 4.05. The molecule has 1 aromatic heterocycles. The van der Waals surface area contributed by atoms with Gasteiger partial charge in [-0.25, -0.2) is 9.18 Å². The summed E-state index contributed by atoms with van der Waals surface area (Å²) in [6, 6.07) is 7.19. The van der Waals surface area contributed by atoms with E-state index < -0.39 is 11.9 Å². The normalized spacial score (nSPS) is 16.8. The number of amides is 1. The lowest BCUT2D eigenvalue weighted by atomic mass is 10.1. The Kier molecular flexibility index (Phi) is 5.14. The number of nitrogens with zero attached hydrogens (tertiary/aromatic N) is 1. The molecule has 0 bridgehead atoms. The van der Waals surface area contributed by atoms with Gasteiger partial charge in [-0.05, 0) is 30.5 Å². The summed E-state index contributed by atoms with van der Waals surface area (Å²) in [4.78, 5) is 25.2. The molecule has 1 amide bonds. The molecule has 132 valence electrons. The van der Waals surface area contributed by atoms with Crippen molar-refractivity contribution in [2.75, 3.05) is 13.2 Å². The predicted octanol–water partition coefficient (Wildman–Crippen LogP) is 2.94. The molecule has 1 atom stereocenters. The molecule has 1 N–H and O–H groups in total. The maximum absolute atomic E-state index is 13.4. The van der Waals surface area contributed by atoms with Crippen molar-refractivity contribution in [3.63, 3.8) is 0 Å². The number of benzene rings is 1. The number of carboxylic acids is 1. The Morgan fingerprint density at radius 1 is 1.32 bits per heavy atom. The lowest BCUT2D eigenvalue weighted by molar-refractivity contribution is 0.0483. The van der Waals surface area contributed by atoms with Crippen molar-refractivity contribution in [3.05, 3.63) is 59.3 Å². The summed E-state index contributed by atoms with van der Waals surface area (Å²) >= 11 is 0. The number of hydrogen-bond donors (Lipinski definition) is 1. The van der Waals surface area contributed by atoms with Gasteiger partial charge in [0.25, 0.3) is 5.91 Å². The summed E-state index contributed by atoms with van der Waals surface area (Å²) < 4.78 is 24.1. The van der Waals surface area contributed by atoms with Crippen LogP contribution in [0.2, 0.25) is 0 Å². The number of furan rings is 1. The first kappa shape index (κ1) is 17.2. The van der Waals surface area contributed by atoms with Gasteiger partial charge in [-0.2, -0.15) is 0 Å². The van der Waals surface area contributed by atoms with Crippen molar-refractivity contribution in [1.29, 1.82) is 0 Å². The fraction of sp³-hybridized carbons (Fsp3) is 0.333. The van der Waals surface area contributed by atoms with Gasteiger partial charge in [-0.3, -0.25) is 4.79 Å². The zero-order chi connectivity index (χ0) is 17.8. The summed E-state index contributed by atoms with van der Waals surface area (Å²) in [6.45, 7) is 1.16. The molecule has 1 saturated heterocycles. The average molecular weight is 347 g/mol. The van der Waals surface area contributed by atoms with Crippen molar-refractivity contribution in [1.82, 2.24) is 4.90 Å². The first-order valence-electron chi connectivity index (χ1n) is 8.00. The first-order chi connectivity index (χ1) is 12.0. The molecule has 2 heterocycles. The number of halogens is 1. The second-order valence-electron chi connectivity index (χ2n) is 5.96. The molecule has 2 aromatic rings. The molecule has 1 unspecified atom stereocenters. The molecule has 0 saturated carbocycles. The largest absolute Gasteiger partial charge is 0.478 e. The molecule has 3 rings (SSSR count). The quantitative estimate of drug-likeness (QED) is 0.869. The second-order valence-corrected chi connectivity index (χ2v) is 5.96.